The number of halogens is 1. The summed E-state index contributed by atoms with van der Waals surface area (Å²) in [5.74, 6) is 1.42. The van der Waals surface area contributed by atoms with Crippen molar-refractivity contribution in [2.75, 3.05) is 17.7 Å². The lowest BCUT2D eigenvalue weighted by atomic mass is 10.1. The van der Waals surface area contributed by atoms with Crippen molar-refractivity contribution in [3.63, 3.8) is 0 Å². The van der Waals surface area contributed by atoms with Gasteiger partial charge in [0.05, 0.1) is 17.8 Å². The summed E-state index contributed by atoms with van der Waals surface area (Å²) in [6.45, 7) is 1.74. The number of carbonyl (C=O) groups is 1. The van der Waals surface area contributed by atoms with Gasteiger partial charge in [0.25, 0.3) is 0 Å². The molecular formula is C15H13ClN4O3S. The average Bonchev–Trinajstić information content (AvgIpc) is 3.19. The minimum absolute atomic E-state index is 0.320. The molecule has 9 heteroatoms. The number of nitrogens with zero attached hydrogens (tertiary/aromatic N) is 2. The molecule has 2 amide bonds. The van der Waals surface area contributed by atoms with Crippen molar-refractivity contribution in [3.8, 4) is 16.3 Å². The van der Waals surface area contributed by atoms with E-state index >= 15 is 0 Å². The number of ether oxygens (including phenoxy) is 1. The van der Waals surface area contributed by atoms with Crippen LogP contribution < -0.4 is 15.4 Å². The summed E-state index contributed by atoms with van der Waals surface area (Å²) in [4.78, 5) is 16.5. The van der Waals surface area contributed by atoms with Crippen LogP contribution in [0.5, 0.6) is 5.75 Å². The topological polar surface area (TPSA) is 89.3 Å². The fourth-order valence-electron chi connectivity index (χ4n) is 2.04. The Morgan fingerprint density at radius 3 is 2.79 bits per heavy atom. The van der Waals surface area contributed by atoms with E-state index < -0.39 is 6.03 Å². The average molecular weight is 365 g/mol. The van der Waals surface area contributed by atoms with E-state index in [0.717, 1.165) is 5.01 Å². The summed E-state index contributed by atoms with van der Waals surface area (Å²) in [6.07, 6.45) is 1.68. The van der Waals surface area contributed by atoms with Crippen LogP contribution >= 0.6 is 22.9 Å². The molecule has 0 fully saturated rings. The molecule has 0 radical (unpaired) electrons. The van der Waals surface area contributed by atoms with Crippen LogP contribution in [-0.4, -0.2) is 23.3 Å². The van der Waals surface area contributed by atoms with Gasteiger partial charge in [0, 0.05) is 23.2 Å². The van der Waals surface area contributed by atoms with E-state index in [1.54, 1.807) is 31.3 Å². The summed E-state index contributed by atoms with van der Waals surface area (Å²) in [5.41, 5.74) is 1.21. The largest absolute Gasteiger partial charge is 0.495 e. The molecule has 24 heavy (non-hydrogen) atoms. The highest BCUT2D eigenvalue weighted by Crippen LogP contribution is 2.37. The summed E-state index contributed by atoms with van der Waals surface area (Å²) in [7, 11) is 1.53. The maximum atomic E-state index is 12.2. The third kappa shape index (κ3) is 3.50. The molecule has 0 aliphatic rings. The van der Waals surface area contributed by atoms with Crippen molar-refractivity contribution in [1.29, 1.82) is 0 Å². The van der Waals surface area contributed by atoms with E-state index in [4.69, 9.17) is 20.9 Å². The van der Waals surface area contributed by atoms with Crippen LogP contribution in [-0.2, 0) is 0 Å². The van der Waals surface area contributed by atoms with Gasteiger partial charge in [-0.2, -0.15) is 0 Å². The molecule has 0 saturated carbocycles. The molecule has 0 bridgehead atoms. The van der Waals surface area contributed by atoms with Crippen LogP contribution in [0, 0.1) is 6.92 Å². The van der Waals surface area contributed by atoms with Crippen molar-refractivity contribution in [1.82, 2.24) is 10.1 Å². The zero-order valence-corrected chi connectivity index (χ0v) is 14.4. The Balaban J connectivity index is 1.88. The molecule has 0 spiro atoms. The Morgan fingerprint density at radius 2 is 2.17 bits per heavy atom. The summed E-state index contributed by atoms with van der Waals surface area (Å²) in [5, 5.41) is 12.0. The number of anilines is 2. The number of urea groups is 1. The monoisotopic (exact) mass is 364 g/mol. The van der Waals surface area contributed by atoms with Crippen LogP contribution in [0.15, 0.2) is 34.3 Å². The summed E-state index contributed by atoms with van der Waals surface area (Å²) < 4.78 is 10.1. The molecule has 124 valence electrons. The lowest BCUT2D eigenvalue weighted by Crippen LogP contribution is -2.20. The van der Waals surface area contributed by atoms with E-state index in [1.165, 1.54) is 18.4 Å². The predicted octanol–water partition coefficient (Wildman–Crippen LogP) is 4.41. The van der Waals surface area contributed by atoms with Gasteiger partial charge < -0.3 is 14.6 Å². The van der Waals surface area contributed by atoms with Gasteiger partial charge in [-0.1, -0.05) is 16.8 Å². The first kappa shape index (κ1) is 16.3. The van der Waals surface area contributed by atoms with Gasteiger partial charge >= 0.3 is 6.03 Å². The molecule has 0 unspecified atom stereocenters. The zero-order valence-electron chi connectivity index (χ0n) is 12.8. The zero-order chi connectivity index (χ0) is 17.1. The van der Waals surface area contributed by atoms with Crippen LogP contribution in [0.25, 0.3) is 10.6 Å². The number of hydrogen-bond donors (Lipinski definition) is 2. The molecule has 0 saturated heterocycles. The number of aryl methyl sites for hydroxylation is 1. The molecule has 3 aromatic rings. The minimum Gasteiger partial charge on any atom is -0.495 e. The van der Waals surface area contributed by atoms with Gasteiger partial charge in [-0.25, -0.2) is 9.78 Å². The molecule has 7 nitrogen and oxygen atoms in total. The van der Waals surface area contributed by atoms with Gasteiger partial charge in [0.15, 0.2) is 5.82 Å². The Morgan fingerprint density at radius 1 is 1.33 bits per heavy atom. The van der Waals surface area contributed by atoms with Gasteiger partial charge in [-0.15, -0.1) is 11.3 Å². The highest BCUT2D eigenvalue weighted by molar-refractivity contribution is 7.13. The Hall–Kier alpha value is -2.58. The van der Waals surface area contributed by atoms with Crippen LogP contribution in [0.1, 0.15) is 5.76 Å². The van der Waals surface area contributed by atoms with E-state index in [0.29, 0.717) is 33.6 Å². The number of benzene rings is 1. The maximum Gasteiger partial charge on any atom is 0.324 e. The number of carbonyl (C=O) groups excluding carboxylic acids is 1. The number of nitrogens with one attached hydrogen (secondary N) is 2. The first-order valence-electron chi connectivity index (χ1n) is 6.85. The molecule has 2 N–H and O–H groups in total. The van der Waals surface area contributed by atoms with Crippen LogP contribution in [0.2, 0.25) is 5.02 Å². The van der Waals surface area contributed by atoms with Crippen molar-refractivity contribution < 1.29 is 14.1 Å². The number of hydrogen-bond acceptors (Lipinski definition) is 6. The maximum absolute atomic E-state index is 12.2. The van der Waals surface area contributed by atoms with Crippen molar-refractivity contribution in [2.24, 2.45) is 0 Å². The summed E-state index contributed by atoms with van der Waals surface area (Å²) >= 11 is 7.61. The lowest BCUT2D eigenvalue weighted by Gasteiger charge is -2.12. The standard InChI is InChI=1S/C15H13ClN4O3S/c1-8-5-13(20-23-8)19-15(21)18-11-7-10(16)12(22-2)6-9(11)14-17-3-4-24-14/h3-7H,1-2H3,(H2,18,19,20,21). The fourth-order valence-corrected chi connectivity index (χ4v) is 2.95. The van der Waals surface area contributed by atoms with E-state index in [2.05, 4.69) is 20.8 Å². The molecule has 1 aromatic carbocycles. The second-order valence-electron chi connectivity index (χ2n) is 4.77. The number of rotatable bonds is 4. The second-order valence-corrected chi connectivity index (χ2v) is 6.07. The van der Waals surface area contributed by atoms with Gasteiger partial charge in [-0.05, 0) is 19.1 Å². The first-order valence-corrected chi connectivity index (χ1v) is 8.11. The van der Waals surface area contributed by atoms with E-state index in [1.807, 2.05) is 5.38 Å². The van der Waals surface area contributed by atoms with Gasteiger partial charge in [-0.3, -0.25) is 5.32 Å². The number of amides is 2. The van der Waals surface area contributed by atoms with Crippen LogP contribution in [0.4, 0.5) is 16.3 Å². The number of thiazole rings is 1. The molecule has 0 aliphatic heterocycles. The number of aromatic nitrogens is 2. The van der Waals surface area contributed by atoms with Gasteiger partial charge in [0.2, 0.25) is 0 Å². The predicted molar refractivity (Wildman–Crippen MR) is 93.0 cm³/mol. The molecular weight excluding hydrogens is 352 g/mol. The first-order chi connectivity index (χ1) is 11.6. The smallest absolute Gasteiger partial charge is 0.324 e. The molecule has 2 aromatic heterocycles. The quantitative estimate of drug-likeness (QED) is 0.715. The van der Waals surface area contributed by atoms with Crippen molar-refractivity contribution >= 4 is 40.5 Å². The summed E-state index contributed by atoms with van der Waals surface area (Å²) in [6, 6.07) is 4.49. The van der Waals surface area contributed by atoms with Crippen LogP contribution in [0.3, 0.4) is 0 Å². The molecule has 0 atom stereocenters. The Bertz CT molecular complexity index is 864. The third-order valence-electron chi connectivity index (χ3n) is 3.07. The number of methoxy groups -OCH3 is 1. The van der Waals surface area contributed by atoms with Crippen molar-refractivity contribution in [2.45, 2.75) is 6.92 Å². The molecule has 3 rings (SSSR count). The minimum atomic E-state index is -0.470. The Labute approximate surface area is 146 Å². The highest BCUT2D eigenvalue weighted by atomic mass is 35.5. The van der Waals surface area contributed by atoms with E-state index in [-0.39, 0.29) is 0 Å². The molecule has 0 aliphatic carbocycles. The van der Waals surface area contributed by atoms with E-state index in [9.17, 15) is 4.79 Å². The van der Waals surface area contributed by atoms with Gasteiger partial charge in [0.1, 0.15) is 16.5 Å². The lowest BCUT2D eigenvalue weighted by molar-refractivity contribution is 0.262. The molecule has 2 heterocycles. The normalized spacial score (nSPS) is 10.5. The third-order valence-corrected chi connectivity index (χ3v) is 4.17. The SMILES string of the molecule is COc1cc(-c2nccs2)c(NC(=O)Nc2cc(C)on2)cc1Cl. The second kappa shape index (κ2) is 6.90. The highest BCUT2D eigenvalue weighted by Gasteiger charge is 2.15. The Kier molecular flexibility index (Phi) is 4.68. The van der Waals surface area contributed by atoms with Crippen molar-refractivity contribution in [3.05, 3.63) is 40.6 Å². The fraction of sp³-hybridized carbons (Fsp3) is 0.133.